The van der Waals surface area contributed by atoms with Crippen molar-refractivity contribution in [1.29, 1.82) is 0 Å². The van der Waals surface area contributed by atoms with E-state index in [4.69, 9.17) is 11.6 Å². The van der Waals surface area contributed by atoms with Crippen LogP contribution in [0.2, 0.25) is 5.02 Å². The Bertz CT molecular complexity index is 845. The van der Waals surface area contributed by atoms with Gasteiger partial charge in [0.2, 0.25) is 5.91 Å². The molecule has 9 heteroatoms. The van der Waals surface area contributed by atoms with Crippen molar-refractivity contribution in [2.45, 2.75) is 18.5 Å². The fourth-order valence-electron chi connectivity index (χ4n) is 2.75. The van der Waals surface area contributed by atoms with Crippen LogP contribution in [0.4, 0.5) is 18.9 Å². The third kappa shape index (κ3) is 2.62. The monoisotopic (exact) mass is 358 g/mol. The van der Waals surface area contributed by atoms with Gasteiger partial charge in [-0.1, -0.05) is 23.7 Å². The number of aromatic carboxylic acids is 1. The molecular weight excluding hydrogens is 349 g/mol. The van der Waals surface area contributed by atoms with Gasteiger partial charge in [0.05, 0.1) is 22.1 Å². The Labute approximate surface area is 138 Å². The molecule has 0 unspecified atom stereocenters. The van der Waals surface area contributed by atoms with Crippen LogP contribution in [0.5, 0.6) is 0 Å². The first kappa shape index (κ1) is 16.4. The zero-order valence-corrected chi connectivity index (χ0v) is 12.6. The van der Waals surface area contributed by atoms with Gasteiger partial charge in [0.25, 0.3) is 0 Å². The van der Waals surface area contributed by atoms with Gasteiger partial charge >= 0.3 is 12.1 Å². The SMILES string of the molecule is O=C1C[C@H](C(F)(F)F)c2c(c(C(=O)O)cn2-c2ccccc2Cl)N1. The van der Waals surface area contributed by atoms with E-state index in [-0.39, 0.29) is 22.1 Å². The summed E-state index contributed by atoms with van der Waals surface area (Å²) in [6.45, 7) is 0. The lowest BCUT2D eigenvalue weighted by Crippen LogP contribution is -2.33. The van der Waals surface area contributed by atoms with Crippen molar-refractivity contribution < 1.29 is 27.9 Å². The molecule has 1 atom stereocenters. The van der Waals surface area contributed by atoms with E-state index < -0.39 is 36.0 Å². The number of halogens is 4. The molecule has 0 radical (unpaired) electrons. The number of nitrogens with zero attached hydrogens (tertiary/aromatic N) is 1. The van der Waals surface area contributed by atoms with Crippen molar-refractivity contribution in [3.05, 3.63) is 46.7 Å². The molecule has 1 aliphatic heterocycles. The number of carboxylic acid groups (broad SMARTS) is 1. The van der Waals surface area contributed by atoms with Gasteiger partial charge in [0, 0.05) is 12.6 Å². The number of anilines is 1. The maximum absolute atomic E-state index is 13.4. The smallest absolute Gasteiger partial charge is 0.397 e. The summed E-state index contributed by atoms with van der Waals surface area (Å²) in [5.41, 5.74) is -0.908. The van der Waals surface area contributed by atoms with E-state index in [2.05, 4.69) is 5.32 Å². The largest absolute Gasteiger partial charge is 0.478 e. The second-order valence-corrected chi connectivity index (χ2v) is 5.68. The van der Waals surface area contributed by atoms with Gasteiger partial charge in [-0.05, 0) is 12.1 Å². The summed E-state index contributed by atoms with van der Waals surface area (Å²) in [5, 5.41) is 11.7. The quantitative estimate of drug-likeness (QED) is 0.857. The number of rotatable bonds is 2. The molecule has 0 fully saturated rings. The number of para-hydroxylation sites is 1. The molecule has 0 spiro atoms. The normalized spacial score (nSPS) is 17.3. The number of carbonyl (C=O) groups excluding carboxylic acids is 1. The average molecular weight is 359 g/mol. The predicted octanol–water partition coefficient (Wildman–Crippen LogP) is 3.82. The molecule has 0 aliphatic carbocycles. The van der Waals surface area contributed by atoms with Gasteiger partial charge in [-0.25, -0.2) is 4.79 Å². The van der Waals surface area contributed by atoms with E-state index in [9.17, 15) is 27.9 Å². The number of nitrogens with one attached hydrogen (secondary N) is 1. The van der Waals surface area contributed by atoms with Gasteiger partial charge in [0.1, 0.15) is 11.5 Å². The second-order valence-electron chi connectivity index (χ2n) is 5.28. The molecule has 0 saturated heterocycles. The molecular formula is C15H10ClF3N2O3. The van der Waals surface area contributed by atoms with Crippen molar-refractivity contribution in [2.24, 2.45) is 0 Å². The molecule has 0 bridgehead atoms. The number of hydrogen-bond acceptors (Lipinski definition) is 2. The Morgan fingerprint density at radius 1 is 1.33 bits per heavy atom. The number of hydrogen-bond donors (Lipinski definition) is 2. The summed E-state index contributed by atoms with van der Waals surface area (Å²) in [4.78, 5) is 23.0. The number of alkyl halides is 3. The number of benzene rings is 1. The fraction of sp³-hybridized carbons (Fsp3) is 0.200. The summed E-state index contributed by atoms with van der Waals surface area (Å²) in [6.07, 6.45) is -4.48. The van der Waals surface area contributed by atoms with Crippen molar-refractivity contribution in [3.63, 3.8) is 0 Å². The number of carbonyl (C=O) groups is 2. The minimum Gasteiger partial charge on any atom is -0.478 e. The van der Waals surface area contributed by atoms with Crippen LogP contribution in [0.1, 0.15) is 28.4 Å². The molecule has 0 saturated carbocycles. The standard InChI is InChI=1S/C15H10ClF3N2O3/c16-9-3-1-2-4-10(9)21-6-7(14(23)24)12-13(21)8(15(17,18)19)5-11(22)20-12/h1-4,6,8H,5H2,(H,20,22)(H,23,24)/t8-/m0/s1. The first-order chi connectivity index (χ1) is 11.2. The summed E-state index contributed by atoms with van der Waals surface area (Å²) in [6, 6.07) is 6.12. The van der Waals surface area contributed by atoms with Gasteiger partial charge < -0.3 is 15.0 Å². The van der Waals surface area contributed by atoms with Crippen LogP contribution < -0.4 is 5.32 Å². The van der Waals surface area contributed by atoms with Crippen molar-refractivity contribution >= 4 is 29.2 Å². The molecule has 1 aromatic heterocycles. The second kappa shape index (κ2) is 5.55. The number of aromatic nitrogens is 1. The highest BCUT2D eigenvalue weighted by Gasteiger charge is 2.48. The molecule has 1 aromatic carbocycles. The lowest BCUT2D eigenvalue weighted by Gasteiger charge is -2.27. The summed E-state index contributed by atoms with van der Waals surface area (Å²) in [7, 11) is 0. The van der Waals surface area contributed by atoms with Crippen molar-refractivity contribution in [1.82, 2.24) is 4.57 Å². The highest BCUT2D eigenvalue weighted by atomic mass is 35.5. The van der Waals surface area contributed by atoms with E-state index in [1.165, 1.54) is 12.1 Å². The molecule has 2 heterocycles. The maximum Gasteiger partial charge on any atom is 0.397 e. The van der Waals surface area contributed by atoms with E-state index in [0.717, 1.165) is 10.8 Å². The van der Waals surface area contributed by atoms with Crippen LogP contribution in [0.15, 0.2) is 30.5 Å². The first-order valence-corrected chi connectivity index (χ1v) is 7.18. The molecule has 126 valence electrons. The maximum atomic E-state index is 13.4. The van der Waals surface area contributed by atoms with Gasteiger partial charge in [-0.15, -0.1) is 0 Å². The molecule has 5 nitrogen and oxygen atoms in total. The molecule has 1 amide bonds. The first-order valence-electron chi connectivity index (χ1n) is 6.80. The van der Waals surface area contributed by atoms with Crippen LogP contribution >= 0.6 is 11.6 Å². The third-order valence-electron chi connectivity index (χ3n) is 3.76. The fourth-order valence-corrected chi connectivity index (χ4v) is 2.97. The van der Waals surface area contributed by atoms with Crippen LogP contribution in [0.3, 0.4) is 0 Å². The molecule has 1 aliphatic rings. The highest BCUT2D eigenvalue weighted by Crippen LogP contribution is 2.46. The zero-order chi connectivity index (χ0) is 17.6. The van der Waals surface area contributed by atoms with E-state index in [0.29, 0.717) is 0 Å². The summed E-state index contributed by atoms with van der Waals surface area (Å²) < 4.78 is 41.4. The molecule has 2 N–H and O–H groups in total. The van der Waals surface area contributed by atoms with Gasteiger partial charge in [0.15, 0.2) is 0 Å². The zero-order valence-electron chi connectivity index (χ0n) is 11.9. The van der Waals surface area contributed by atoms with E-state index in [1.54, 1.807) is 12.1 Å². The Balaban J connectivity index is 2.33. The third-order valence-corrected chi connectivity index (χ3v) is 4.08. The predicted molar refractivity (Wildman–Crippen MR) is 79.8 cm³/mol. The molecule has 2 aromatic rings. The topological polar surface area (TPSA) is 71.3 Å². The molecule has 24 heavy (non-hydrogen) atoms. The van der Waals surface area contributed by atoms with Crippen molar-refractivity contribution in [3.8, 4) is 5.69 Å². The Morgan fingerprint density at radius 2 is 2.00 bits per heavy atom. The van der Waals surface area contributed by atoms with Gasteiger partial charge in [-0.2, -0.15) is 13.2 Å². The Kier molecular flexibility index (Phi) is 3.79. The minimum atomic E-state index is -4.71. The van der Waals surface area contributed by atoms with Crippen LogP contribution in [0.25, 0.3) is 5.69 Å². The Hall–Kier alpha value is -2.48. The number of carboxylic acids is 1. The molecule has 3 rings (SSSR count). The summed E-state index contributed by atoms with van der Waals surface area (Å²) >= 11 is 6.04. The van der Waals surface area contributed by atoms with Crippen LogP contribution in [-0.2, 0) is 4.79 Å². The van der Waals surface area contributed by atoms with Gasteiger partial charge in [-0.3, -0.25) is 4.79 Å². The van der Waals surface area contributed by atoms with E-state index in [1.807, 2.05) is 0 Å². The lowest BCUT2D eigenvalue weighted by atomic mass is 9.94. The summed E-state index contributed by atoms with van der Waals surface area (Å²) in [5.74, 6) is -4.45. The highest BCUT2D eigenvalue weighted by molar-refractivity contribution is 6.32. The number of fused-ring (bicyclic) bond motifs is 1. The minimum absolute atomic E-state index is 0.157. The lowest BCUT2D eigenvalue weighted by molar-refractivity contribution is -0.157. The van der Waals surface area contributed by atoms with E-state index >= 15 is 0 Å². The Morgan fingerprint density at radius 3 is 2.58 bits per heavy atom. The van der Waals surface area contributed by atoms with Crippen molar-refractivity contribution in [2.75, 3.05) is 5.32 Å². The van der Waals surface area contributed by atoms with Crippen LogP contribution in [0, 0.1) is 0 Å². The number of amides is 1. The van der Waals surface area contributed by atoms with Crippen LogP contribution in [-0.4, -0.2) is 27.7 Å². The average Bonchev–Trinajstić information content (AvgIpc) is 2.85.